The Labute approximate surface area is 164 Å². The second-order valence-corrected chi connectivity index (χ2v) is 6.56. The molecule has 0 saturated carbocycles. The van der Waals surface area contributed by atoms with E-state index < -0.39 is 12.0 Å². The van der Waals surface area contributed by atoms with E-state index in [1.807, 2.05) is 0 Å². The minimum atomic E-state index is -1.15. The molecule has 0 bridgehead atoms. The Morgan fingerprint density at radius 3 is 2.48 bits per heavy atom. The number of rotatable bonds is 6. The van der Waals surface area contributed by atoms with Crippen LogP contribution in [0.15, 0.2) is 42.7 Å². The summed E-state index contributed by atoms with van der Waals surface area (Å²) >= 11 is 12.3. The Balaban J connectivity index is 1.67. The molecule has 0 aliphatic rings. The number of anilines is 1. The van der Waals surface area contributed by atoms with Crippen LogP contribution in [0, 0.1) is 0 Å². The third-order valence-electron chi connectivity index (χ3n) is 3.88. The topological polar surface area (TPSA) is 102 Å². The maximum Gasteiger partial charge on any atom is 0.356 e. The van der Waals surface area contributed by atoms with Crippen molar-refractivity contribution in [3.05, 3.63) is 64.0 Å². The van der Waals surface area contributed by atoms with Gasteiger partial charge < -0.3 is 10.4 Å². The fraction of sp³-hybridized carbons (Fsp3) is 0.176. The van der Waals surface area contributed by atoms with Crippen LogP contribution in [-0.4, -0.2) is 36.5 Å². The number of amides is 1. The number of halogens is 2. The van der Waals surface area contributed by atoms with E-state index in [0.717, 1.165) is 5.56 Å². The lowest BCUT2D eigenvalue weighted by Crippen LogP contribution is -2.24. The van der Waals surface area contributed by atoms with E-state index >= 15 is 0 Å². The van der Waals surface area contributed by atoms with E-state index in [0.29, 0.717) is 22.4 Å². The number of hydrogen-bond donors (Lipinski definition) is 2. The Morgan fingerprint density at radius 2 is 1.85 bits per heavy atom. The summed E-state index contributed by atoms with van der Waals surface area (Å²) in [7, 11) is 0. The standard InChI is InChI=1S/C17H15Cl2N5O3/c1-10(24-8-5-14(21-24)17(26)27)16(25)20-15-6-7-23(22-15)9-11-12(18)3-2-4-13(11)19/h2-8,10H,9H2,1H3,(H,26,27)(H,20,22,25). The molecule has 0 fully saturated rings. The Kier molecular flexibility index (Phi) is 5.48. The largest absolute Gasteiger partial charge is 0.476 e. The minimum absolute atomic E-state index is 0.129. The molecule has 2 N–H and O–H groups in total. The summed E-state index contributed by atoms with van der Waals surface area (Å²) in [5.74, 6) is -1.19. The second kappa shape index (κ2) is 7.81. The van der Waals surface area contributed by atoms with Gasteiger partial charge in [0.25, 0.3) is 0 Å². The number of benzene rings is 1. The maximum absolute atomic E-state index is 12.4. The number of carboxylic acid groups (broad SMARTS) is 1. The van der Waals surface area contributed by atoms with Crippen LogP contribution in [0.2, 0.25) is 10.0 Å². The van der Waals surface area contributed by atoms with Crippen molar-refractivity contribution in [3.8, 4) is 0 Å². The number of hydrogen-bond acceptors (Lipinski definition) is 4. The van der Waals surface area contributed by atoms with Crippen LogP contribution in [0.25, 0.3) is 0 Å². The molecular formula is C17H15Cl2N5O3. The molecule has 0 radical (unpaired) electrons. The van der Waals surface area contributed by atoms with Crippen LogP contribution in [0.4, 0.5) is 5.82 Å². The first-order chi connectivity index (χ1) is 12.8. The van der Waals surface area contributed by atoms with Crippen molar-refractivity contribution in [2.75, 3.05) is 5.32 Å². The van der Waals surface area contributed by atoms with Crippen molar-refractivity contribution in [1.82, 2.24) is 19.6 Å². The quantitative estimate of drug-likeness (QED) is 0.652. The molecule has 1 unspecified atom stereocenters. The molecule has 2 heterocycles. The van der Waals surface area contributed by atoms with Gasteiger partial charge in [0.15, 0.2) is 11.5 Å². The Morgan fingerprint density at radius 1 is 1.15 bits per heavy atom. The molecule has 0 spiro atoms. The molecule has 0 saturated heterocycles. The highest BCUT2D eigenvalue weighted by molar-refractivity contribution is 6.35. The maximum atomic E-state index is 12.4. The number of carbonyl (C=O) groups is 2. The molecule has 0 aliphatic heterocycles. The molecule has 3 aromatic rings. The van der Waals surface area contributed by atoms with Crippen molar-refractivity contribution in [1.29, 1.82) is 0 Å². The number of aromatic nitrogens is 4. The van der Waals surface area contributed by atoms with Gasteiger partial charge in [-0.3, -0.25) is 14.2 Å². The van der Waals surface area contributed by atoms with Gasteiger partial charge >= 0.3 is 5.97 Å². The number of carboxylic acids is 1. The molecule has 8 nitrogen and oxygen atoms in total. The molecule has 1 atom stereocenters. The Hall–Kier alpha value is -2.84. The minimum Gasteiger partial charge on any atom is -0.476 e. The van der Waals surface area contributed by atoms with E-state index in [1.165, 1.54) is 16.9 Å². The first-order valence-electron chi connectivity index (χ1n) is 7.91. The van der Waals surface area contributed by atoms with E-state index in [1.54, 1.807) is 42.1 Å². The molecule has 27 heavy (non-hydrogen) atoms. The van der Waals surface area contributed by atoms with Gasteiger partial charge in [0.1, 0.15) is 6.04 Å². The van der Waals surface area contributed by atoms with Crippen molar-refractivity contribution < 1.29 is 14.7 Å². The predicted molar refractivity (Wildman–Crippen MR) is 100 cm³/mol. The second-order valence-electron chi connectivity index (χ2n) is 5.75. The summed E-state index contributed by atoms with van der Waals surface area (Å²) in [6, 6.07) is 7.50. The molecule has 1 amide bonds. The van der Waals surface area contributed by atoms with E-state index in [9.17, 15) is 9.59 Å². The van der Waals surface area contributed by atoms with Gasteiger partial charge in [-0.25, -0.2) is 4.79 Å². The number of aromatic carboxylic acids is 1. The van der Waals surface area contributed by atoms with Gasteiger partial charge in [0.2, 0.25) is 5.91 Å². The van der Waals surface area contributed by atoms with Gasteiger partial charge in [-0.1, -0.05) is 29.3 Å². The monoisotopic (exact) mass is 407 g/mol. The number of carbonyl (C=O) groups excluding carboxylic acids is 1. The third-order valence-corrected chi connectivity index (χ3v) is 4.59. The summed E-state index contributed by atoms with van der Waals surface area (Å²) < 4.78 is 2.88. The lowest BCUT2D eigenvalue weighted by molar-refractivity contribution is -0.119. The van der Waals surface area contributed by atoms with E-state index in [-0.39, 0.29) is 11.6 Å². The highest BCUT2D eigenvalue weighted by atomic mass is 35.5. The number of nitrogens with one attached hydrogen (secondary N) is 1. The Bertz CT molecular complexity index is 978. The molecule has 3 rings (SSSR count). The van der Waals surface area contributed by atoms with Crippen molar-refractivity contribution >= 4 is 40.9 Å². The fourth-order valence-corrected chi connectivity index (χ4v) is 2.90. The predicted octanol–water partition coefficient (Wildman–Crippen LogP) is 3.33. The molecule has 10 heteroatoms. The summed E-state index contributed by atoms with van der Waals surface area (Å²) in [6.07, 6.45) is 3.13. The van der Waals surface area contributed by atoms with Crippen molar-refractivity contribution in [2.45, 2.75) is 19.5 Å². The number of nitrogens with zero attached hydrogens (tertiary/aromatic N) is 4. The zero-order valence-corrected chi connectivity index (χ0v) is 15.6. The van der Waals surface area contributed by atoms with Crippen molar-refractivity contribution in [3.63, 3.8) is 0 Å². The normalized spacial score (nSPS) is 12.0. The lowest BCUT2D eigenvalue weighted by atomic mass is 10.2. The SMILES string of the molecule is CC(C(=O)Nc1ccn(Cc2c(Cl)cccc2Cl)n1)n1ccc(C(=O)O)n1. The zero-order valence-electron chi connectivity index (χ0n) is 14.1. The van der Waals surface area contributed by atoms with Crippen LogP contribution in [0.5, 0.6) is 0 Å². The van der Waals surface area contributed by atoms with Gasteiger partial charge in [0, 0.05) is 34.1 Å². The molecule has 0 aliphatic carbocycles. The van der Waals surface area contributed by atoms with Crippen LogP contribution in [-0.2, 0) is 11.3 Å². The van der Waals surface area contributed by atoms with E-state index in [4.69, 9.17) is 28.3 Å². The summed E-state index contributed by atoms with van der Waals surface area (Å²) in [6.45, 7) is 1.96. The van der Waals surface area contributed by atoms with Gasteiger partial charge in [-0.2, -0.15) is 10.2 Å². The smallest absolute Gasteiger partial charge is 0.356 e. The summed E-state index contributed by atoms with van der Waals surface area (Å²) in [4.78, 5) is 23.2. The fourth-order valence-electron chi connectivity index (χ4n) is 2.38. The average molecular weight is 408 g/mol. The van der Waals surface area contributed by atoms with Crippen LogP contribution in [0.1, 0.15) is 29.0 Å². The highest BCUT2D eigenvalue weighted by Gasteiger charge is 2.19. The van der Waals surface area contributed by atoms with Gasteiger partial charge in [0.05, 0.1) is 6.54 Å². The third kappa shape index (κ3) is 4.29. The average Bonchev–Trinajstić information content (AvgIpc) is 3.27. The lowest BCUT2D eigenvalue weighted by Gasteiger charge is -2.11. The molecular weight excluding hydrogens is 393 g/mol. The van der Waals surface area contributed by atoms with Gasteiger partial charge in [-0.05, 0) is 25.1 Å². The van der Waals surface area contributed by atoms with Crippen LogP contribution in [0.3, 0.4) is 0 Å². The highest BCUT2D eigenvalue weighted by Crippen LogP contribution is 2.25. The van der Waals surface area contributed by atoms with Gasteiger partial charge in [-0.15, -0.1) is 0 Å². The first kappa shape index (κ1) is 18.9. The van der Waals surface area contributed by atoms with Crippen LogP contribution < -0.4 is 5.32 Å². The summed E-state index contributed by atoms with van der Waals surface area (Å²) in [5.41, 5.74) is 0.600. The van der Waals surface area contributed by atoms with Crippen LogP contribution >= 0.6 is 23.2 Å². The summed E-state index contributed by atoms with van der Waals surface area (Å²) in [5, 5.41) is 20.8. The molecule has 1 aromatic carbocycles. The molecule has 2 aromatic heterocycles. The van der Waals surface area contributed by atoms with E-state index in [2.05, 4.69) is 15.5 Å². The molecule has 140 valence electrons. The first-order valence-corrected chi connectivity index (χ1v) is 8.66. The zero-order chi connectivity index (χ0) is 19.6. The van der Waals surface area contributed by atoms with Crippen molar-refractivity contribution in [2.24, 2.45) is 0 Å².